The fraction of sp³-hybridized carbons (Fsp3) is 0.524. The number of hydrogen-bond acceptors (Lipinski definition) is 5. The van der Waals surface area contributed by atoms with Crippen molar-refractivity contribution in [3.8, 4) is 0 Å². The number of imide groups is 1. The molecule has 9 heteroatoms. The Morgan fingerprint density at radius 1 is 1.27 bits per heavy atom. The van der Waals surface area contributed by atoms with Crippen molar-refractivity contribution in [2.75, 3.05) is 24.5 Å². The van der Waals surface area contributed by atoms with Crippen LogP contribution in [0, 0.1) is 11.3 Å². The van der Waals surface area contributed by atoms with E-state index in [4.69, 9.17) is 9.63 Å². The van der Waals surface area contributed by atoms with Gasteiger partial charge in [-0.2, -0.15) is 0 Å². The maximum atomic E-state index is 12.1. The zero-order chi connectivity index (χ0) is 21.5. The fourth-order valence-corrected chi connectivity index (χ4v) is 4.56. The minimum atomic E-state index is -0.843. The number of benzene rings is 1. The highest BCUT2D eigenvalue weighted by molar-refractivity contribution is 6.08. The second-order valence-corrected chi connectivity index (χ2v) is 8.80. The van der Waals surface area contributed by atoms with Crippen molar-refractivity contribution < 1.29 is 24.0 Å². The van der Waals surface area contributed by atoms with E-state index in [1.54, 1.807) is 0 Å². The van der Waals surface area contributed by atoms with E-state index in [-0.39, 0.29) is 24.3 Å². The second-order valence-electron chi connectivity index (χ2n) is 8.80. The number of urea groups is 1. The van der Waals surface area contributed by atoms with Gasteiger partial charge < -0.3 is 14.5 Å². The standard InChI is InChI=1S/C21H26N4O5/c1-21(2,14-5-8-24(9-6-14)20(28)29)12-13-3-4-15-16(11-13)30-23-18(15)25-10-7-17(26)22-19(25)27/h3-4,11,14H,5-10,12H2,1-2H3,(H,28,29)(H,22,26,27). The van der Waals surface area contributed by atoms with Gasteiger partial charge >= 0.3 is 12.1 Å². The minimum absolute atomic E-state index is 0.00817. The predicted molar refractivity (Wildman–Crippen MR) is 109 cm³/mol. The molecule has 4 rings (SSSR count). The van der Waals surface area contributed by atoms with E-state index in [2.05, 4.69) is 24.3 Å². The average Bonchev–Trinajstić information content (AvgIpc) is 3.11. The quantitative estimate of drug-likeness (QED) is 0.793. The second kappa shape index (κ2) is 7.62. The molecule has 0 aliphatic carbocycles. The maximum Gasteiger partial charge on any atom is 0.407 e. The molecule has 1 aromatic heterocycles. The first kappa shape index (κ1) is 20.2. The molecule has 0 atom stereocenters. The van der Waals surface area contributed by atoms with Crippen LogP contribution in [0.4, 0.5) is 15.4 Å². The Morgan fingerprint density at radius 3 is 2.67 bits per heavy atom. The third-order valence-electron chi connectivity index (χ3n) is 6.36. The van der Waals surface area contributed by atoms with E-state index in [9.17, 15) is 14.4 Å². The zero-order valence-electron chi connectivity index (χ0n) is 17.2. The Balaban J connectivity index is 1.48. The molecule has 1 aromatic carbocycles. The summed E-state index contributed by atoms with van der Waals surface area (Å²) in [6.07, 6.45) is 1.93. The van der Waals surface area contributed by atoms with Crippen molar-refractivity contribution in [2.45, 2.75) is 39.5 Å². The van der Waals surface area contributed by atoms with Crippen molar-refractivity contribution in [1.29, 1.82) is 0 Å². The summed E-state index contributed by atoms with van der Waals surface area (Å²) in [5.41, 5.74) is 1.71. The lowest BCUT2D eigenvalue weighted by atomic mass is 9.70. The number of carboxylic acid groups (broad SMARTS) is 1. The summed E-state index contributed by atoms with van der Waals surface area (Å²) in [7, 11) is 0. The number of piperidine rings is 1. The third-order valence-corrected chi connectivity index (χ3v) is 6.36. The molecule has 2 aromatic rings. The van der Waals surface area contributed by atoms with Crippen LogP contribution < -0.4 is 10.2 Å². The third kappa shape index (κ3) is 3.83. The lowest BCUT2D eigenvalue weighted by molar-refractivity contribution is -0.120. The summed E-state index contributed by atoms with van der Waals surface area (Å²) < 4.78 is 5.49. The van der Waals surface area contributed by atoms with Crippen LogP contribution in [0.1, 0.15) is 38.7 Å². The first-order chi connectivity index (χ1) is 14.2. The molecule has 3 heterocycles. The van der Waals surface area contributed by atoms with Crippen LogP contribution in [-0.2, 0) is 11.2 Å². The van der Waals surface area contributed by atoms with Gasteiger partial charge in [0.15, 0.2) is 11.4 Å². The van der Waals surface area contributed by atoms with Gasteiger partial charge in [-0.05, 0) is 48.3 Å². The molecule has 2 aliphatic rings. The molecule has 0 unspecified atom stereocenters. The predicted octanol–water partition coefficient (Wildman–Crippen LogP) is 3.23. The monoisotopic (exact) mass is 414 g/mol. The number of anilines is 1. The number of nitrogens with zero attached hydrogens (tertiary/aromatic N) is 3. The Labute approximate surface area is 174 Å². The molecule has 2 fully saturated rings. The van der Waals surface area contributed by atoms with E-state index < -0.39 is 12.1 Å². The molecule has 0 bridgehead atoms. The van der Waals surface area contributed by atoms with E-state index in [0.29, 0.717) is 30.4 Å². The van der Waals surface area contributed by atoms with Crippen LogP contribution in [0.25, 0.3) is 11.0 Å². The van der Waals surface area contributed by atoms with Gasteiger partial charge in [-0.15, -0.1) is 0 Å². The Morgan fingerprint density at radius 2 is 2.00 bits per heavy atom. The summed E-state index contributed by atoms with van der Waals surface area (Å²) in [6.45, 7) is 5.87. The minimum Gasteiger partial charge on any atom is -0.465 e. The van der Waals surface area contributed by atoms with Gasteiger partial charge in [0, 0.05) is 26.1 Å². The van der Waals surface area contributed by atoms with Gasteiger partial charge in [0.2, 0.25) is 5.91 Å². The maximum absolute atomic E-state index is 12.1. The van der Waals surface area contributed by atoms with Crippen molar-refractivity contribution in [2.24, 2.45) is 11.3 Å². The summed E-state index contributed by atoms with van der Waals surface area (Å²) in [6, 6.07) is 5.39. The summed E-state index contributed by atoms with van der Waals surface area (Å²) in [5, 5.41) is 16.2. The molecule has 0 radical (unpaired) electrons. The number of nitrogens with one attached hydrogen (secondary N) is 1. The van der Waals surface area contributed by atoms with Crippen molar-refractivity contribution in [3.05, 3.63) is 23.8 Å². The van der Waals surface area contributed by atoms with E-state index in [0.717, 1.165) is 30.2 Å². The van der Waals surface area contributed by atoms with Gasteiger partial charge in [0.1, 0.15) is 0 Å². The van der Waals surface area contributed by atoms with Crippen LogP contribution in [0.15, 0.2) is 22.7 Å². The molecule has 0 spiro atoms. The molecule has 30 heavy (non-hydrogen) atoms. The smallest absolute Gasteiger partial charge is 0.407 e. The lowest BCUT2D eigenvalue weighted by Gasteiger charge is -2.40. The van der Waals surface area contributed by atoms with Crippen molar-refractivity contribution in [3.63, 3.8) is 0 Å². The van der Waals surface area contributed by atoms with Gasteiger partial charge in [-0.1, -0.05) is 25.1 Å². The van der Waals surface area contributed by atoms with E-state index >= 15 is 0 Å². The number of aromatic nitrogens is 1. The molecule has 0 saturated carbocycles. The van der Waals surface area contributed by atoms with Gasteiger partial charge in [-0.25, -0.2) is 9.59 Å². The van der Waals surface area contributed by atoms with Gasteiger partial charge in [-0.3, -0.25) is 15.0 Å². The van der Waals surface area contributed by atoms with Crippen molar-refractivity contribution >= 4 is 34.8 Å². The molecule has 2 saturated heterocycles. The van der Waals surface area contributed by atoms with Gasteiger partial charge in [0.25, 0.3) is 0 Å². The van der Waals surface area contributed by atoms with Crippen LogP contribution in [0.3, 0.4) is 0 Å². The van der Waals surface area contributed by atoms with Crippen LogP contribution in [0.2, 0.25) is 0 Å². The van der Waals surface area contributed by atoms with Crippen LogP contribution in [0.5, 0.6) is 0 Å². The normalized spacial score (nSPS) is 18.7. The van der Waals surface area contributed by atoms with Crippen LogP contribution in [-0.4, -0.2) is 52.8 Å². The highest BCUT2D eigenvalue weighted by atomic mass is 16.5. The first-order valence-electron chi connectivity index (χ1n) is 10.2. The SMILES string of the molecule is CC(C)(Cc1ccc2c(N3CCC(=O)NC3=O)noc2c1)C1CCN(C(=O)O)CC1. The lowest BCUT2D eigenvalue weighted by Crippen LogP contribution is -2.49. The average molecular weight is 414 g/mol. The number of amides is 4. The van der Waals surface area contributed by atoms with Gasteiger partial charge in [0.05, 0.1) is 5.39 Å². The molecular weight excluding hydrogens is 388 g/mol. The number of carbonyl (C=O) groups is 3. The molecule has 4 amide bonds. The van der Waals surface area contributed by atoms with E-state index in [1.165, 1.54) is 9.80 Å². The summed E-state index contributed by atoms with van der Waals surface area (Å²) in [5.74, 6) is 0.563. The Bertz CT molecular complexity index is 990. The number of likely N-dealkylation sites (tertiary alicyclic amines) is 1. The molecular formula is C21H26N4O5. The number of hydrogen-bond donors (Lipinski definition) is 2. The van der Waals surface area contributed by atoms with Crippen molar-refractivity contribution in [1.82, 2.24) is 15.4 Å². The fourth-order valence-electron chi connectivity index (χ4n) is 4.56. The summed E-state index contributed by atoms with van der Waals surface area (Å²) in [4.78, 5) is 37.5. The number of rotatable bonds is 4. The van der Waals surface area contributed by atoms with E-state index in [1.807, 2.05) is 18.2 Å². The molecule has 2 N–H and O–H groups in total. The highest BCUT2D eigenvalue weighted by Gasteiger charge is 2.34. The topological polar surface area (TPSA) is 116 Å². The largest absolute Gasteiger partial charge is 0.465 e. The molecule has 160 valence electrons. The Hall–Kier alpha value is -3.10. The molecule has 9 nitrogen and oxygen atoms in total. The number of carbonyl (C=O) groups excluding carboxylic acids is 2. The molecule has 2 aliphatic heterocycles. The summed E-state index contributed by atoms with van der Waals surface area (Å²) >= 11 is 0. The zero-order valence-corrected chi connectivity index (χ0v) is 17.2. The first-order valence-corrected chi connectivity index (χ1v) is 10.2. The Kier molecular flexibility index (Phi) is 5.13. The van der Waals surface area contributed by atoms with Crippen LogP contribution >= 0.6 is 0 Å². The highest BCUT2D eigenvalue weighted by Crippen LogP contribution is 2.39. The number of fused-ring (bicyclic) bond motifs is 1.